The highest BCUT2D eigenvalue weighted by Gasteiger charge is 2.15. The highest BCUT2D eigenvalue weighted by atomic mass is 19.1. The van der Waals surface area contributed by atoms with Crippen molar-refractivity contribution in [1.82, 2.24) is 4.98 Å². The molecule has 0 aliphatic carbocycles. The zero-order valence-corrected chi connectivity index (χ0v) is 11.4. The fourth-order valence-corrected chi connectivity index (χ4v) is 1.94. The van der Waals surface area contributed by atoms with E-state index in [2.05, 4.69) is 25.8 Å². The molecule has 1 aromatic heterocycles. The van der Waals surface area contributed by atoms with Crippen LogP contribution in [-0.4, -0.2) is 10.1 Å². The number of aromatic nitrogens is 1. The topological polar surface area (TPSA) is 33.1 Å². The first-order valence-corrected chi connectivity index (χ1v) is 6.27. The minimum atomic E-state index is -0.850. The van der Waals surface area contributed by atoms with Gasteiger partial charge in [-0.3, -0.25) is 4.98 Å². The Bertz CT molecular complexity index is 558. The predicted molar refractivity (Wildman–Crippen MR) is 73.4 cm³/mol. The van der Waals surface area contributed by atoms with Gasteiger partial charge in [-0.15, -0.1) is 0 Å². The SMILES string of the molecule is CC(C)(C)c1ccc(C(O)c2cncc(F)c2)cc1. The van der Waals surface area contributed by atoms with Gasteiger partial charge in [0.1, 0.15) is 11.9 Å². The zero-order chi connectivity index (χ0) is 14.0. The fourth-order valence-electron chi connectivity index (χ4n) is 1.94. The van der Waals surface area contributed by atoms with Crippen molar-refractivity contribution in [2.75, 3.05) is 0 Å². The van der Waals surface area contributed by atoms with Crippen molar-refractivity contribution in [3.8, 4) is 0 Å². The molecule has 0 bridgehead atoms. The lowest BCUT2D eigenvalue weighted by Gasteiger charge is -2.20. The maximum Gasteiger partial charge on any atom is 0.141 e. The summed E-state index contributed by atoms with van der Waals surface area (Å²) in [6, 6.07) is 9.03. The van der Waals surface area contributed by atoms with Crippen molar-refractivity contribution in [2.24, 2.45) is 0 Å². The van der Waals surface area contributed by atoms with Gasteiger partial charge in [-0.2, -0.15) is 0 Å². The van der Waals surface area contributed by atoms with E-state index in [9.17, 15) is 9.50 Å². The predicted octanol–water partition coefficient (Wildman–Crippen LogP) is 3.60. The van der Waals surface area contributed by atoms with Crippen molar-refractivity contribution < 1.29 is 9.50 Å². The van der Waals surface area contributed by atoms with E-state index in [-0.39, 0.29) is 5.41 Å². The van der Waals surface area contributed by atoms with E-state index in [4.69, 9.17) is 0 Å². The van der Waals surface area contributed by atoms with Crippen molar-refractivity contribution in [3.05, 3.63) is 65.2 Å². The molecule has 19 heavy (non-hydrogen) atoms. The van der Waals surface area contributed by atoms with Crippen molar-refractivity contribution in [1.29, 1.82) is 0 Å². The van der Waals surface area contributed by atoms with Crippen molar-refractivity contribution in [3.63, 3.8) is 0 Å². The molecule has 2 nitrogen and oxygen atoms in total. The summed E-state index contributed by atoms with van der Waals surface area (Å²) in [6.07, 6.45) is 1.75. The Morgan fingerprint density at radius 2 is 1.68 bits per heavy atom. The standard InChI is InChI=1S/C16H18FNO/c1-16(2,3)13-6-4-11(5-7-13)15(19)12-8-14(17)10-18-9-12/h4-10,15,19H,1-3H3. The highest BCUT2D eigenvalue weighted by molar-refractivity contribution is 5.33. The third-order valence-corrected chi connectivity index (χ3v) is 3.13. The average molecular weight is 259 g/mol. The molecule has 2 aromatic rings. The van der Waals surface area contributed by atoms with Crippen molar-refractivity contribution >= 4 is 0 Å². The highest BCUT2D eigenvalue weighted by Crippen LogP contribution is 2.26. The quantitative estimate of drug-likeness (QED) is 0.894. The summed E-state index contributed by atoms with van der Waals surface area (Å²) >= 11 is 0. The number of aliphatic hydroxyl groups is 1. The first kappa shape index (κ1) is 13.7. The van der Waals surface area contributed by atoms with Gasteiger partial charge in [0.15, 0.2) is 0 Å². The van der Waals surface area contributed by atoms with E-state index >= 15 is 0 Å². The van der Waals surface area contributed by atoms with Gasteiger partial charge in [-0.1, -0.05) is 45.0 Å². The molecule has 0 saturated carbocycles. The molecule has 2 rings (SSSR count). The summed E-state index contributed by atoms with van der Waals surface area (Å²) in [5.41, 5.74) is 2.47. The second kappa shape index (κ2) is 5.10. The number of aliphatic hydroxyl groups excluding tert-OH is 1. The normalized spacial score (nSPS) is 13.3. The minimum absolute atomic E-state index is 0.0733. The average Bonchev–Trinajstić information content (AvgIpc) is 2.37. The van der Waals surface area contributed by atoms with Crippen LogP contribution in [0.2, 0.25) is 0 Å². The van der Waals surface area contributed by atoms with Gasteiger partial charge in [0.25, 0.3) is 0 Å². The van der Waals surface area contributed by atoms with E-state index in [0.29, 0.717) is 5.56 Å². The number of hydrogen-bond donors (Lipinski definition) is 1. The molecule has 3 heteroatoms. The molecule has 0 spiro atoms. The van der Waals surface area contributed by atoms with Gasteiger partial charge in [0.2, 0.25) is 0 Å². The Morgan fingerprint density at radius 3 is 2.21 bits per heavy atom. The fraction of sp³-hybridized carbons (Fsp3) is 0.312. The Labute approximate surface area is 112 Å². The molecule has 0 fully saturated rings. The molecule has 1 heterocycles. The van der Waals surface area contributed by atoms with Crippen LogP contribution in [0.4, 0.5) is 4.39 Å². The van der Waals surface area contributed by atoms with Crippen LogP contribution in [-0.2, 0) is 5.41 Å². The van der Waals surface area contributed by atoms with E-state index in [0.717, 1.165) is 11.8 Å². The summed E-state index contributed by atoms with van der Waals surface area (Å²) in [5, 5.41) is 10.2. The maximum absolute atomic E-state index is 13.1. The summed E-state index contributed by atoms with van der Waals surface area (Å²) in [4.78, 5) is 3.75. The summed E-state index contributed by atoms with van der Waals surface area (Å²) in [5.74, 6) is -0.442. The zero-order valence-electron chi connectivity index (χ0n) is 11.4. The summed E-state index contributed by atoms with van der Waals surface area (Å²) in [7, 11) is 0. The molecule has 1 N–H and O–H groups in total. The van der Waals surface area contributed by atoms with Crippen LogP contribution >= 0.6 is 0 Å². The maximum atomic E-state index is 13.1. The van der Waals surface area contributed by atoms with Crippen molar-refractivity contribution in [2.45, 2.75) is 32.3 Å². The number of rotatable bonds is 2. The molecule has 0 amide bonds. The van der Waals surface area contributed by atoms with E-state index in [1.165, 1.54) is 17.8 Å². The monoisotopic (exact) mass is 259 g/mol. The van der Waals surface area contributed by atoms with Gasteiger partial charge in [-0.05, 0) is 22.6 Å². The molecule has 0 aliphatic rings. The third kappa shape index (κ3) is 3.18. The number of hydrogen-bond acceptors (Lipinski definition) is 2. The first-order valence-electron chi connectivity index (χ1n) is 6.27. The number of nitrogens with zero attached hydrogens (tertiary/aromatic N) is 1. The Morgan fingerprint density at radius 1 is 1.05 bits per heavy atom. The van der Waals surface area contributed by atoms with Gasteiger partial charge in [0.05, 0.1) is 6.20 Å². The van der Waals surface area contributed by atoms with Crippen LogP contribution in [0.1, 0.15) is 43.6 Å². The van der Waals surface area contributed by atoms with Gasteiger partial charge in [-0.25, -0.2) is 4.39 Å². The molecular formula is C16H18FNO. The lowest BCUT2D eigenvalue weighted by Crippen LogP contribution is -2.11. The Balaban J connectivity index is 2.27. The lowest BCUT2D eigenvalue weighted by atomic mass is 9.86. The van der Waals surface area contributed by atoms with E-state index in [1.54, 1.807) is 0 Å². The van der Waals surface area contributed by atoms with Crippen LogP contribution in [0, 0.1) is 5.82 Å². The molecule has 1 atom stereocenters. The third-order valence-electron chi connectivity index (χ3n) is 3.13. The van der Waals surface area contributed by atoms with E-state index in [1.807, 2.05) is 24.3 Å². The van der Waals surface area contributed by atoms with E-state index < -0.39 is 11.9 Å². The summed E-state index contributed by atoms with van der Waals surface area (Å²) in [6.45, 7) is 6.40. The number of benzene rings is 1. The van der Waals surface area contributed by atoms with Crippen LogP contribution in [0.5, 0.6) is 0 Å². The van der Waals surface area contributed by atoms with Gasteiger partial charge in [0, 0.05) is 11.8 Å². The summed E-state index contributed by atoms with van der Waals surface area (Å²) < 4.78 is 13.1. The second-order valence-electron chi connectivity index (χ2n) is 5.71. The molecular weight excluding hydrogens is 241 g/mol. The van der Waals surface area contributed by atoms with Crippen LogP contribution in [0.15, 0.2) is 42.7 Å². The molecule has 1 unspecified atom stereocenters. The van der Waals surface area contributed by atoms with Crippen LogP contribution < -0.4 is 0 Å². The van der Waals surface area contributed by atoms with Gasteiger partial charge < -0.3 is 5.11 Å². The molecule has 0 radical (unpaired) electrons. The van der Waals surface area contributed by atoms with Crippen LogP contribution in [0.25, 0.3) is 0 Å². The number of halogens is 1. The molecule has 0 saturated heterocycles. The second-order valence-corrected chi connectivity index (χ2v) is 5.71. The Hall–Kier alpha value is -1.74. The number of pyridine rings is 1. The minimum Gasteiger partial charge on any atom is -0.384 e. The Kier molecular flexibility index (Phi) is 3.67. The lowest BCUT2D eigenvalue weighted by molar-refractivity contribution is 0.219. The molecule has 1 aromatic carbocycles. The molecule has 100 valence electrons. The largest absolute Gasteiger partial charge is 0.384 e. The molecule has 0 aliphatic heterocycles. The van der Waals surface area contributed by atoms with Crippen LogP contribution in [0.3, 0.4) is 0 Å². The first-order chi connectivity index (χ1) is 8.88. The smallest absolute Gasteiger partial charge is 0.141 e. The van der Waals surface area contributed by atoms with Gasteiger partial charge >= 0.3 is 0 Å².